The van der Waals surface area contributed by atoms with E-state index in [-0.39, 0.29) is 11.4 Å². The van der Waals surface area contributed by atoms with E-state index in [9.17, 15) is 16.8 Å². The Morgan fingerprint density at radius 2 is 1.77 bits per heavy atom. The molecule has 2 rings (SSSR count). The third kappa shape index (κ3) is 2.78. The lowest BCUT2D eigenvalue weighted by Gasteiger charge is -2.23. The van der Waals surface area contributed by atoms with Crippen molar-refractivity contribution in [1.29, 1.82) is 0 Å². The van der Waals surface area contributed by atoms with Crippen LogP contribution in [0.5, 0.6) is 0 Å². The van der Waals surface area contributed by atoms with Crippen LogP contribution in [0.15, 0.2) is 23.1 Å². The Morgan fingerprint density at radius 1 is 1.18 bits per heavy atom. The predicted molar refractivity (Wildman–Crippen MR) is 82.0 cm³/mol. The standard InChI is InChI=1S/C12H18N2O6S2/c1-13-11-7-9(21(4,15)16)5-6-10(11)14(22(13,17)18)8-12(19-2)20-3/h5-7,12H,8H2,1-4H3. The Kier molecular flexibility index (Phi) is 4.39. The highest BCUT2D eigenvalue weighted by molar-refractivity contribution is 7.94. The minimum absolute atomic E-state index is 0.0368. The van der Waals surface area contributed by atoms with Crippen LogP contribution in [0.25, 0.3) is 0 Å². The second kappa shape index (κ2) is 5.69. The second-order valence-corrected chi connectivity index (χ2v) is 8.73. The molecule has 0 saturated carbocycles. The van der Waals surface area contributed by atoms with Gasteiger partial charge in [0.2, 0.25) is 0 Å². The number of nitrogens with zero attached hydrogens (tertiary/aromatic N) is 2. The normalized spacial score (nSPS) is 17.1. The third-order valence-electron chi connectivity index (χ3n) is 3.45. The summed E-state index contributed by atoms with van der Waals surface area (Å²) in [5.74, 6) is 0. The molecule has 1 heterocycles. The van der Waals surface area contributed by atoms with Crippen molar-refractivity contribution in [3.05, 3.63) is 18.2 Å². The Labute approximate surface area is 130 Å². The molecule has 0 aromatic heterocycles. The number of ether oxygens (including phenoxy) is 2. The van der Waals surface area contributed by atoms with Gasteiger partial charge in [0.05, 0.1) is 22.8 Å². The molecule has 0 radical (unpaired) electrons. The number of methoxy groups -OCH3 is 2. The lowest BCUT2D eigenvalue weighted by molar-refractivity contribution is -0.0931. The zero-order chi connectivity index (χ0) is 16.7. The molecule has 1 aromatic carbocycles. The van der Waals surface area contributed by atoms with E-state index in [1.807, 2.05) is 0 Å². The van der Waals surface area contributed by atoms with E-state index in [4.69, 9.17) is 9.47 Å². The van der Waals surface area contributed by atoms with Crippen LogP contribution in [-0.2, 0) is 29.5 Å². The van der Waals surface area contributed by atoms with Crippen LogP contribution in [0, 0.1) is 0 Å². The SMILES string of the molecule is COC(CN1c2ccc(S(C)(=O)=O)cc2N(C)S1(=O)=O)OC. The zero-order valence-corrected chi connectivity index (χ0v) is 14.3. The largest absolute Gasteiger partial charge is 0.354 e. The van der Waals surface area contributed by atoms with Crippen molar-refractivity contribution in [3.8, 4) is 0 Å². The minimum Gasteiger partial charge on any atom is -0.354 e. The van der Waals surface area contributed by atoms with Gasteiger partial charge in [0, 0.05) is 27.5 Å². The molecule has 0 bridgehead atoms. The first-order valence-corrected chi connectivity index (χ1v) is 9.58. The monoisotopic (exact) mass is 350 g/mol. The van der Waals surface area contributed by atoms with Crippen LogP contribution < -0.4 is 8.61 Å². The molecule has 0 amide bonds. The van der Waals surface area contributed by atoms with Crippen LogP contribution in [0.2, 0.25) is 0 Å². The highest BCUT2D eigenvalue weighted by Crippen LogP contribution is 2.41. The molecule has 1 aliphatic heterocycles. The molecule has 0 fully saturated rings. The zero-order valence-electron chi connectivity index (χ0n) is 12.7. The molecule has 22 heavy (non-hydrogen) atoms. The van der Waals surface area contributed by atoms with Crippen LogP contribution in [0.4, 0.5) is 11.4 Å². The summed E-state index contributed by atoms with van der Waals surface area (Å²) in [6.07, 6.45) is 0.339. The summed E-state index contributed by atoms with van der Waals surface area (Å²) in [5, 5.41) is 0. The quantitative estimate of drug-likeness (QED) is 0.705. The lowest BCUT2D eigenvalue weighted by atomic mass is 10.2. The van der Waals surface area contributed by atoms with Crippen molar-refractivity contribution in [2.75, 3.05) is 42.7 Å². The van der Waals surface area contributed by atoms with E-state index in [1.165, 1.54) is 39.5 Å². The van der Waals surface area contributed by atoms with Crippen molar-refractivity contribution in [1.82, 2.24) is 0 Å². The van der Waals surface area contributed by atoms with E-state index in [0.29, 0.717) is 11.4 Å². The number of hydrogen-bond acceptors (Lipinski definition) is 6. The van der Waals surface area contributed by atoms with Crippen LogP contribution in [-0.4, -0.2) is 57.2 Å². The second-order valence-electron chi connectivity index (χ2n) is 4.83. The molecule has 0 unspecified atom stereocenters. The third-order valence-corrected chi connectivity index (χ3v) is 6.35. The van der Waals surface area contributed by atoms with Gasteiger partial charge in [0.1, 0.15) is 0 Å². The number of rotatable bonds is 5. The number of benzene rings is 1. The summed E-state index contributed by atoms with van der Waals surface area (Å²) in [6, 6.07) is 4.19. The fraction of sp³-hybridized carbons (Fsp3) is 0.500. The van der Waals surface area contributed by atoms with Gasteiger partial charge >= 0.3 is 10.2 Å². The molecule has 0 atom stereocenters. The van der Waals surface area contributed by atoms with Gasteiger partial charge in [-0.05, 0) is 18.2 Å². The summed E-state index contributed by atoms with van der Waals surface area (Å²) < 4.78 is 60.5. The maximum atomic E-state index is 12.5. The average molecular weight is 350 g/mol. The van der Waals surface area contributed by atoms with Gasteiger partial charge < -0.3 is 9.47 Å². The maximum absolute atomic E-state index is 12.5. The van der Waals surface area contributed by atoms with Crippen molar-refractivity contribution < 1.29 is 26.3 Å². The van der Waals surface area contributed by atoms with E-state index in [2.05, 4.69) is 0 Å². The van der Waals surface area contributed by atoms with Crippen molar-refractivity contribution in [2.24, 2.45) is 0 Å². The molecule has 0 saturated heterocycles. The topological polar surface area (TPSA) is 93.2 Å². The van der Waals surface area contributed by atoms with E-state index in [0.717, 1.165) is 14.9 Å². The Morgan fingerprint density at radius 3 is 2.27 bits per heavy atom. The smallest absolute Gasteiger partial charge is 0.326 e. The predicted octanol–water partition coefficient (Wildman–Crippen LogP) is 0.210. The van der Waals surface area contributed by atoms with Crippen molar-refractivity contribution >= 4 is 31.4 Å². The van der Waals surface area contributed by atoms with Crippen LogP contribution >= 0.6 is 0 Å². The Balaban J connectivity index is 2.53. The first kappa shape index (κ1) is 17.0. The Hall–Kier alpha value is -1.36. The maximum Gasteiger partial charge on any atom is 0.326 e. The Bertz CT molecular complexity index is 771. The molecular weight excluding hydrogens is 332 g/mol. The summed E-state index contributed by atoms with van der Waals surface area (Å²) in [5.41, 5.74) is 0.683. The fourth-order valence-corrected chi connectivity index (χ4v) is 4.21. The summed E-state index contributed by atoms with van der Waals surface area (Å²) in [7, 11) is -3.02. The number of anilines is 2. The molecular formula is C12H18N2O6S2. The molecule has 8 nitrogen and oxygen atoms in total. The summed E-state index contributed by atoms with van der Waals surface area (Å²) >= 11 is 0. The van der Waals surface area contributed by atoms with Gasteiger partial charge in [-0.25, -0.2) is 12.7 Å². The van der Waals surface area contributed by atoms with Gasteiger partial charge in [-0.15, -0.1) is 0 Å². The number of fused-ring (bicyclic) bond motifs is 1. The average Bonchev–Trinajstić information content (AvgIpc) is 2.63. The lowest BCUT2D eigenvalue weighted by Crippen LogP contribution is -2.41. The molecule has 124 valence electrons. The molecule has 10 heteroatoms. The van der Waals surface area contributed by atoms with Gasteiger partial charge in [0.15, 0.2) is 16.1 Å². The van der Waals surface area contributed by atoms with E-state index >= 15 is 0 Å². The molecule has 0 N–H and O–H groups in total. The minimum atomic E-state index is -3.79. The van der Waals surface area contributed by atoms with Gasteiger partial charge in [-0.3, -0.25) is 4.31 Å². The van der Waals surface area contributed by atoms with Gasteiger partial charge in [0.25, 0.3) is 0 Å². The highest BCUT2D eigenvalue weighted by Gasteiger charge is 2.39. The summed E-state index contributed by atoms with van der Waals surface area (Å²) in [6.45, 7) is -0.0368. The van der Waals surface area contributed by atoms with Crippen LogP contribution in [0.1, 0.15) is 0 Å². The van der Waals surface area contributed by atoms with E-state index < -0.39 is 26.3 Å². The first-order valence-electron chi connectivity index (χ1n) is 6.29. The first-order chi connectivity index (χ1) is 10.1. The van der Waals surface area contributed by atoms with Gasteiger partial charge in [-0.1, -0.05) is 0 Å². The van der Waals surface area contributed by atoms with Crippen LogP contribution in [0.3, 0.4) is 0 Å². The van der Waals surface area contributed by atoms with Crippen molar-refractivity contribution in [3.63, 3.8) is 0 Å². The molecule has 0 spiro atoms. The van der Waals surface area contributed by atoms with Crippen molar-refractivity contribution in [2.45, 2.75) is 11.2 Å². The molecule has 1 aliphatic rings. The number of sulfone groups is 1. The fourth-order valence-electron chi connectivity index (χ4n) is 2.17. The van der Waals surface area contributed by atoms with E-state index in [1.54, 1.807) is 0 Å². The molecule has 1 aromatic rings. The summed E-state index contributed by atoms with van der Waals surface area (Å²) in [4.78, 5) is 0.0604. The highest BCUT2D eigenvalue weighted by atomic mass is 32.2. The molecule has 0 aliphatic carbocycles. The van der Waals surface area contributed by atoms with Gasteiger partial charge in [-0.2, -0.15) is 8.42 Å². The number of hydrogen-bond donors (Lipinski definition) is 0.